The maximum absolute atomic E-state index is 15.5. The number of hydrogen-bond donors (Lipinski definition) is 2. The van der Waals surface area contributed by atoms with Crippen LogP contribution in [0.3, 0.4) is 0 Å². The molecule has 2 aliphatic heterocycles. The second kappa shape index (κ2) is 11.1. The normalized spacial score (nSPS) is 48.3. The summed E-state index contributed by atoms with van der Waals surface area (Å²) in [5.74, 6) is -6.59. The van der Waals surface area contributed by atoms with E-state index in [0.717, 1.165) is 19.4 Å². The third-order valence-corrected chi connectivity index (χ3v) is 13.6. The molecular weight excluding hydrogens is 656 g/mol. The number of rotatable bonds is 6. The van der Waals surface area contributed by atoms with E-state index in [1.807, 2.05) is 6.92 Å². The van der Waals surface area contributed by atoms with Gasteiger partial charge in [-0.25, -0.2) is 0 Å². The molecule has 1 aromatic rings. The lowest BCUT2D eigenvalue weighted by Gasteiger charge is -2.73. The fourth-order valence-corrected chi connectivity index (χ4v) is 11.7. The topological polar surface area (TPSA) is 198 Å². The first-order valence-corrected chi connectivity index (χ1v) is 17.3. The number of furan rings is 1. The van der Waals surface area contributed by atoms with Crippen LogP contribution in [0.5, 0.6) is 0 Å². The van der Waals surface area contributed by atoms with Crippen LogP contribution in [-0.2, 0) is 52.4 Å². The molecule has 4 aliphatic carbocycles. The first kappa shape index (κ1) is 35.1. The van der Waals surface area contributed by atoms with E-state index < -0.39 is 118 Å². The number of aliphatic hydroxyl groups is 2. The quantitative estimate of drug-likeness (QED) is 0.249. The van der Waals surface area contributed by atoms with Crippen LogP contribution >= 0.6 is 0 Å². The maximum atomic E-state index is 15.5. The van der Waals surface area contributed by atoms with Crippen LogP contribution in [-0.4, -0.2) is 95.0 Å². The van der Waals surface area contributed by atoms with Gasteiger partial charge in [-0.1, -0.05) is 27.7 Å². The van der Waals surface area contributed by atoms with Crippen molar-refractivity contribution >= 4 is 29.7 Å². The number of esters is 4. The molecule has 6 fully saturated rings. The smallest absolute Gasteiger partial charge is 0.310 e. The van der Waals surface area contributed by atoms with Gasteiger partial charge in [0.05, 0.1) is 48.1 Å². The molecule has 1 spiro atoms. The van der Waals surface area contributed by atoms with Gasteiger partial charge in [0.1, 0.15) is 11.7 Å². The zero-order valence-corrected chi connectivity index (χ0v) is 29.5. The van der Waals surface area contributed by atoms with Crippen molar-refractivity contribution in [3.05, 3.63) is 24.2 Å². The van der Waals surface area contributed by atoms with E-state index in [2.05, 4.69) is 0 Å². The van der Waals surface area contributed by atoms with Crippen molar-refractivity contribution in [3.8, 4) is 0 Å². The lowest BCUT2D eigenvalue weighted by molar-refractivity contribution is -0.391. The second-order valence-electron chi connectivity index (χ2n) is 16.1. The van der Waals surface area contributed by atoms with Gasteiger partial charge in [-0.15, -0.1) is 0 Å². The summed E-state index contributed by atoms with van der Waals surface area (Å²) in [6, 6.07) is 1.80. The zero-order chi connectivity index (χ0) is 36.5. The Morgan fingerprint density at radius 2 is 1.58 bits per heavy atom. The molecule has 274 valence electrons. The molecule has 0 amide bonds. The van der Waals surface area contributed by atoms with E-state index in [1.165, 1.54) is 13.2 Å². The lowest BCUT2D eigenvalue weighted by atomic mass is 9.33. The van der Waals surface area contributed by atoms with E-state index in [1.54, 1.807) is 40.0 Å². The van der Waals surface area contributed by atoms with Gasteiger partial charge < -0.3 is 43.1 Å². The number of Topliss-reactive ketones (excluding diaryl/α,β-unsaturated/α-hetero) is 1. The number of hydrogen-bond acceptors (Lipinski definition) is 14. The fraction of sp³-hybridized carbons (Fsp3) is 0.750. The molecule has 0 radical (unpaired) electrons. The number of carbonyl (C=O) groups is 5. The summed E-state index contributed by atoms with van der Waals surface area (Å²) in [4.78, 5) is 66.7. The molecule has 14 heteroatoms. The highest BCUT2D eigenvalue weighted by molar-refractivity contribution is 5.93. The van der Waals surface area contributed by atoms with Crippen LogP contribution in [0.15, 0.2) is 23.0 Å². The highest BCUT2D eigenvalue weighted by atomic mass is 16.7. The Hall–Kier alpha value is -3.33. The van der Waals surface area contributed by atoms with Gasteiger partial charge >= 0.3 is 23.9 Å². The van der Waals surface area contributed by atoms with E-state index in [4.69, 9.17) is 32.8 Å². The van der Waals surface area contributed by atoms with Gasteiger partial charge in [0.15, 0.2) is 24.1 Å². The van der Waals surface area contributed by atoms with Gasteiger partial charge in [-0.05, 0) is 37.3 Å². The van der Waals surface area contributed by atoms with Crippen LogP contribution in [0.2, 0.25) is 0 Å². The third-order valence-electron chi connectivity index (χ3n) is 13.6. The lowest BCUT2D eigenvalue weighted by Crippen LogP contribution is -2.84. The average molecular weight is 703 g/mol. The van der Waals surface area contributed by atoms with Crippen molar-refractivity contribution in [2.24, 2.45) is 39.4 Å². The third kappa shape index (κ3) is 4.07. The van der Waals surface area contributed by atoms with Gasteiger partial charge in [-0.2, -0.15) is 0 Å². The van der Waals surface area contributed by atoms with E-state index >= 15 is 4.79 Å². The molecule has 2 N–H and O–H groups in total. The summed E-state index contributed by atoms with van der Waals surface area (Å²) in [6.07, 6.45) is -5.64. The predicted octanol–water partition coefficient (Wildman–Crippen LogP) is 2.21. The standard InChI is InChI=1S/C36H46O14/c1-15(2)30(43)49-31-32(6)21-12-22(40)34(8)26(35(21,14-45-31)27(42)25(46-16(3)37)29(32)48-18(5)39)24(41)28(47-17(4)38)33(7)20(19-9-10-44-13-19)11-23-36(33,34)50-23/h9-10,13,15,20-23,25-29,31,40,42H,11-12,14H2,1-8H3/t20-,21+,22+,23+,25+,26+,27+,28+,29+,31+,32-,33+,34-,35+,36+/m1/s1. The highest BCUT2D eigenvalue weighted by Crippen LogP contribution is 2.83. The second-order valence-corrected chi connectivity index (χ2v) is 16.1. The number of epoxide rings is 1. The van der Waals surface area contributed by atoms with Gasteiger partial charge in [0, 0.05) is 43.4 Å². The number of fused-ring (bicyclic) bond motifs is 1. The minimum Gasteiger partial charge on any atom is -0.472 e. The molecule has 0 unspecified atom stereocenters. The van der Waals surface area contributed by atoms with Crippen molar-refractivity contribution in [2.75, 3.05) is 6.61 Å². The van der Waals surface area contributed by atoms with Crippen LogP contribution < -0.4 is 0 Å². The average Bonchev–Trinajstić information content (AvgIpc) is 3.38. The van der Waals surface area contributed by atoms with E-state index in [-0.39, 0.29) is 18.9 Å². The maximum Gasteiger partial charge on any atom is 0.310 e. The number of aliphatic hydroxyl groups excluding tert-OH is 2. The summed E-state index contributed by atoms with van der Waals surface area (Å²) in [6.45, 7) is 11.7. The van der Waals surface area contributed by atoms with Gasteiger partial charge in [0.25, 0.3) is 0 Å². The van der Waals surface area contributed by atoms with Crippen molar-refractivity contribution in [2.45, 2.75) is 123 Å². The number of ketones is 1. The Morgan fingerprint density at radius 1 is 0.920 bits per heavy atom. The Labute approximate surface area is 289 Å². The fourth-order valence-electron chi connectivity index (χ4n) is 11.7. The minimum atomic E-state index is -1.70. The van der Waals surface area contributed by atoms with Crippen molar-refractivity contribution < 1.29 is 67.0 Å². The van der Waals surface area contributed by atoms with E-state index in [9.17, 15) is 29.4 Å². The van der Waals surface area contributed by atoms with Gasteiger partial charge in [-0.3, -0.25) is 24.0 Å². The molecule has 2 bridgehead atoms. The SMILES string of the molecule is CC(=O)O[C@@H]1[C@H](OC(C)=O)[C@]2(C)[C@H](OC(=O)C(C)C)OC[C@]3([C@H]4C(=O)[C@H](OC(C)=O)[C@]5(C)[C@@H](c6ccoc6)C[C@@H]6O[C@@]65[C@]4(C)[C@@H](O)C[C@@H]23)[C@H]1O. The molecule has 0 aromatic carbocycles. The molecule has 4 saturated carbocycles. The number of carbonyl (C=O) groups excluding carboxylic acids is 5. The van der Waals surface area contributed by atoms with Crippen molar-refractivity contribution in [1.82, 2.24) is 0 Å². The molecule has 15 atom stereocenters. The van der Waals surface area contributed by atoms with Crippen LogP contribution in [0, 0.1) is 39.4 Å². The Bertz CT molecular complexity index is 1620. The molecule has 3 heterocycles. The molecule has 50 heavy (non-hydrogen) atoms. The summed E-state index contributed by atoms with van der Waals surface area (Å²) in [5, 5.41) is 25.2. The molecule has 6 aliphatic rings. The van der Waals surface area contributed by atoms with E-state index in [0.29, 0.717) is 6.42 Å². The Balaban J connectivity index is 1.46. The van der Waals surface area contributed by atoms with Crippen molar-refractivity contribution in [1.29, 1.82) is 0 Å². The minimum absolute atomic E-state index is 0.0556. The summed E-state index contributed by atoms with van der Waals surface area (Å²) < 4.78 is 42.0. The largest absolute Gasteiger partial charge is 0.472 e. The molecule has 14 nitrogen and oxygen atoms in total. The van der Waals surface area contributed by atoms with Gasteiger partial charge in [0.2, 0.25) is 6.29 Å². The monoisotopic (exact) mass is 702 g/mol. The first-order valence-electron chi connectivity index (χ1n) is 17.3. The summed E-state index contributed by atoms with van der Waals surface area (Å²) >= 11 is 0. The van der Waals surface area contributed by atoms with Crippen LogP contribution in [0.4, 0.5) is 0 Å². The highest BCUT2D eigenvalue weighted by Gasteiger charge is 2.93. The molecule has 1 aromatic heterocycles. The zero-order valence-electron chi connectivity index (χ0n) is 29.5. The summed E-state index contributed by atoms with van der Waals surface area (Å²) in [7, 11) is 0. The summed E-state index contributed by atoms with van der Waals surface area (Å²) in [5.41, 5.74) is -6.22. The molecule has 2 saturated heterocycles. The van der Waals surface area contributed by atoms with Crippen LogP contribution in [0.25, 0.3) is 0 Å². The van der Waals surface area contributed by atoms with Crippen LogP contribution in [0.1, 0.15) is 79.7 Å². The molecule has 7 rings (SSSR count). The molecular formula is C36H46O14. The van der Waals surface area contributed by atoms with Crippen molar-refractivity contribution in [3.63, 3.8) is 0 Å². The number of ether oxygens (including phenoxy) is 6. The predicted molar refractivity (Wildman–Crippen MR) is 166 cm³/mol. The Kier molecular flexibility index (Phi) is 7.78. The Morgan fingerprint density at radius 3 is 2.16 bits per heavy atom. The first-order chi connectivity index (χ1) is 23.3.